The number of para-hydroxylation sites is 1. The predicted octanol–water partition coefficient (Wildman–Crippen LogP) is 21.5. The molecule has 105 heavy (non-hydrogen) atoms. The molecule has 0 amide bonds. The van der Waals surface area contributed by atoms with Gasteiger partial charge in [0.15, 0.2) is 6.29 Å². The van der Waals surface area contributed by atoms with Crippen molar-refractivity contribution in [1.82, 2.24) is 19.5 Å². The minimum absolute atomic E-state index is 0.0255. The van der Waals surface area contributed by atoms with Crippen LogP contribution in [-0.2, 0) is 13.0 Å². The van der Waals surface area contributed by atoms with Crippen molar-refractivity contribution < 1.29 is 79.1 Å². The van der Waals surface area contributed by atoms with E-state index in [0.717, 1.165) is 52.3 Å². The SMILES string of the molecule is CC(C)(C)N=Cc1cc(Br)cc(F)c1I.Nc1c(F)cc(Br)cc1C(=O)O.Nc1c(F)cccc1C(=O)O.Nc1ncnc2c1c(-c1cc(F)c3cc(Cc4cc(F)cc(F)c4)ncc3c1)cn2C1CC1.O=C(O)c1cc(Br)cc(F)c1I.O=Cc1cc(Br)cc(F)c1I.OCc1cc(Br)cc(F)c1I. The Balaban J connectivity index is 0.000000205. The normalized spacial score (nSPS) is 11.4. The first-order chi connectivity index (χ1) is 49.2. The molecule has 1 saturated carbocycles. The number of carboxylic acid groups (broad SMARTS) is 3. The van der Waals surface area contributed by atoms with E-state index in [0.29, 0.717) is 90.9 Å². The molecule has 0 spiro atoms. The van der Waals surface area contributed by atoms with Gasteiger partial charge in [0.05, 0.1) is 59.9 Å². The number of nitrogen functional groups attached to an aromatic ring is 3. The highest BCUT2D eigenvalue weighted by atomic mass is 127. The van der Waals surface area contributed by atoms with Crippen molar-refractivity contribution in [3.05, 3.63) is 268 Å². The quantitative estimate of drug-likeness (QED) is 0.0167. The second-order valence-electron chi connectivity index (χ2n) is 22.8. The molecule has 3 aromatic heterocycles. The zero-order chi connectivity index (χ0) is 78.2. The number of carbonyl (C=O) groups is 4. The second kappa shape index (κ2) is 39.6. The number of hydrogen-bond donors (Lipinski definition) is 7. The van der Waals surface area contributed by atoms with Crippen LogP contribution >= 0.6 is 170 Å². The van der Waals surface area contributed by atoms with Crippen molar-refractivity contribution in [2.45, 2.75) is 58.2 Å². The molecule has 550 valence electrons. The number of aliphatic hydroxyl groups excluding tert-OH is 1. The lowest BCUT2D eigenvalue weighted by Gasteiger charge is -2.11. The molecular formula is C71H52Br5F9I4N8O8. The molecule has 16 nitrogen and oxygen atoms in total. The lowest BCUT2D eigenvalue weighted by molar-refractivity contribution is 0.0685. The van der Waals surface area contributed by atoms with Gasteiger partial charge in [-0.15, -0.1) is 0 Å². The molecule has 34 heteroatoms. The number of anilines is 3. The summed E-state index contributed by atoms with van der Waals surface area (Å²) in [6.07, 6.45) is 9.67. The number of halogens is 18. The Morgan fingerprint density at radius 3 is 1.62 bits per heavy atom. The minimum Gasteiger partial charge on any atom is -0.478 e. The number of carbonyl (C=O) groups excluding carboxylic acids is 1. The largest absolute Gasteiger partial charge is 0.478 e. The number of carboxylic acids is 3. The highest BCUT2D eigenvalue weighted by molar-refractivity contribution is 14.1. The number of nitrogens with zero attached hydrogens (tertiary/aromatic N) is 5. The van der Waals surface area contributed by atoms with E-state index in [-0.39, 0.29) is 67.7 Å². The van der Waals surface area contributed by atoms with Gasteiger partial charge in [0.1, 0.15) is 70.1 Å². The van der Waals surface area contributed by atoms with Crippen LogP contribution in [0, 0.1) is 66.6 Å². The summed E-state index contributed by atoms with van der Waals surface area (Å²) in [5, 5.41) is 36.1. The number of rotatable bonds is 10. The van der Waals surface area contributed by atoms with E-state index in [1.807, 2.05) is 84.3 Å². The third kappa shape index (κ3) is 25.3. The predicted molar refractivity (Wildman–Crippen MR) is 436 cm³/mol. The highest BCUT2D eigenvalue weighted by Crippen LogP contribution is 2.43. The number of benzene rings is 8. The lowest BCUT2D eigenvalue weighted by Crippen LogP contribution is -2.10. The van der Waals surface area contributed by atoms with Crippen LogP contribution in [0.1, 0.15) is 103 Å². The van der Waals surface area contributed by atoms with Crippen molar-refractivity contribution in [3.63, 3.8) is 0 Å². The van der Waals surface area contributed by atoms with Crippen molar-refractivity contribution in [3.8, 4) is 11.1 Å². The van der Waals surface area contributed by atoms with E-state index in [2.05, 4.69) is 104 Å². The number of hydrogen-bond acceptors (Lipinski definition) is 12. The highest BCUT2D eigenvalue weighted by Gasteiger charge is 2.28. The molecule has 3 heterocycles. The van der Waals surface area contributed by atoms with Gasteiger partial charge in [-0.1, -0.05) is 85.7 Å². The van der Waals surface area contributed by atoms with Crippen LogP contribution < -0.4 is 17.2 Å². The Morgan fingerprint density at radius 2 is 1.09 bits per heavy atom. The number of aromatic carboxylic acids is 3. The molecule has 0 aliphatic heterocycles. The molecule has 1 aliphatic carbocycles. The monoisotopic (exact) mass is 2220 g/mol. The van der Waals surface area contributed by atoms with E-state index in [1.54, 1.807) is 75.8 Å². The van der Waals surface area contributed by atoms with Gasteiger partial charge >= 0.3 is 17.9 Å². The van der Waals surface area contributed by atoms with Crippen LogP contribution in [0.5, 0.6) is 0 Å². The number of fused-ring (bicyclic) bond motifs is 2. The summed E-state index contributed by atoms with van der Waals surface area (Å²) >= 11 is 22.8. The fourth-order valence-corrected chi connectivity index (χ4v) is 13.0. The van der Waals surface area contributed by atoms with Crippen molar-refractivity contribution in [2.24, 2.45) is 4.99 Å². The molecule has 1 fully saturated rings. The van der Waals surface area contributed by atoms with Gasteiger partial charge in [-0.05, 0) is 244 Å². The number of aldehydes is 1. The summed E-state index contributed by atoms with van der Waals surface area (Å²) in [5.41, 5.74) is 20.1. The molecule has 0 unspecified atom stereocenters. The maximum Gasteiger partial charge on any atom is 0.337 e. The zero-order valence-electron chi connectivity index (χ0n) is 54.0. The number of aliphatic hydroxyl groups is 1. The second-order valence-corrected chi connectivity index (χ2v) is 31.7. The molecule has 8 aromatic carbocycles. The van der Waals surface area contributed by atoms with Gasteiger partial charge < -0.3 is 42.2 Å². The average Bonchev–Trinajstić information content (AvgIpc) is 1.60. The first kappa shape index (κ1) is 87.5. The third-order valence-corrected chi connectivity index (χ3v) is 20.7. The molecule has 0 bridgehead atoms. The zero-order valence-corrected chi connectivity index (χ0v) is 70.5. The molecule has 11 aromatic rings. The molecule has 12 rings (SSSR count). The summed E-state index contributed by atoms with van der Waals surface area (Å²) in [6.45, 7) is 5.88. The fraction of sp³-hybridized carbons (Fsp3) is 0.127. The smallest absolute Gasteiger partial charge is 0.337 e. The van der Waals surface area contributed by atoms with Crippen LogP contribution in [-0.4, -0.2) is 75.9 Å². The Kier molecular flexibility index (Phi) is 33.0. The van der Waals surface area contributed by atoms with Crippen molar-refractivity contribution >= 4 is 239 Å². The van der Waals surface area contributed by atoms with E-state index < -0.39 is 52.8 Å². The maximum absolute atomic E-state index is 15.2. The Hall–Kier alpha value is -6.41. The third-order valence-electron chi connectivity index (χ3n) is 13.9. The Bertz CT molecular complexity index is 5060. The van der Waals surface area contributed by atoms with E-state index in [1.165, 1.54) is 73.1 Å². The molecule has 1 aliphatic rings. The summed E-state index contributed by atoms with van der Waals surface area (Å²) in [5.74, 6) is -7.83. The Labute approximate surface area is 689 Å². The number of aromatic nitrogens is 4. The van der Waals surface area contributed by atoms with Gasteiger partial charge in [-0.3, -0.25) is 14.8 Å². The van der Waals surface area contributed by atoms with Crippen LogP contribution in [0.4, 0.5) is 56.7 Å². The number of pyridine rings is 1. The van der Waals surface area contributed by atoms with E-state index >= 15 is 4.39 Å². The van der Waals surface area contributed by atoms with Crippen LogP contribution in [0.3, 0.4) is 0 Å². The minimum atomic E-state index is -1.24. The topological polar surface area (TPSA) is 283 Å². The van der Waals surface area contributed by atoms with Gasteiger partial charge in [-0.2, -0.15) is 0 Å². The van der Waals surface area contributed by atoms with E-state index in [9.17, 15) is 54.3 Å². The van der Waals surface area contributed by atoms with Crippen LogP contribution in [0.25, 0.3) is 32.9 Å². The van der Waals surface area contributed by atoms with Gasteiger partial charge in [0, 0.05) is 92.7 Å². The molecule has 10 N–H and O–H groups in total. The van der Waals surface area contributed by atoms with Gasteiger partial charge in [0.25, 0.3) is 0 Å². The fourth-order valence-electron chi connectivity index (χ4n) is 8.90. The Morgan fingerprint density at radius 1 is 0.581 bits per heavy atom. The molecule has 0 saturated heterocycles. The van der Waals surface area contributed by atoms with Crippen molar-refractivity contribution in [1.29, 1.82) is 0 Å². The lowest BCUT2D eigenvalue weighted by atomic mass is 10.0. The number of nitrogens with two attached hydrogens (primary N) is 3. The summed E-state index contributed by atoms with van der Waals surface area (Å²) < 4.78 is 126. The molecule has 0 atom stereocenters. The van der Waals surface area contributed by atoms with Gasteiger partial charge in [0.2, 0.25) is 0 Å². The van der Waals surface area contributed by atoms with Crippen LogP contribution in [0.15, 0.2) is 161 Å². The first-order valence-corrected chi connectivity index (χ1v) is 37.8. The van der Waals surface area contributed by atoms with Crippen molar-refractivity contribution in [2.75, 3.05) is 17.2 Å². The average molecular weight is 2220 g/mol. The number of aliphatic imine (C=N–C) groups is 1. The van der Waals surface area contributed by atoms with E-state index in [4.69, 9.17) is 37.6 Å². The summed E-state index contributed by atoms with van der Waals surface area (Å²) in [4.78, 5) is 58.9. The standard InChI is InChI=1S/C25H18F3N5.C11H12BrFIN.C7H3BrFIO2.C7H5BrFIO.C7H3BrFIO.C7H5BrFNO2.C7H6FNO2/c26-16-3-13(4-17(27)8-16)5-18-9-20-15(10-30-18)6-14(7-22(20)28)21-11-33(19-1-2-19)25-23(21)24(29)31-12-32-25;1-11(2,3)15-6-7-4-8(12)5-9(13)10(7)14;8-3-1-4(7(11)12)6(10)5(9)2-3;2*8-5-1-4(3-11)7(10)6(9)2-5;8-3-1-4(7(11)12)6(10)5(9)2-3;8-5-3-1-2-4(6(5)9)7(10)11/h3-4,6-12,19H,1-2,5H2,(H2,29,31,32);4-6H,1-3H3;1-2H,(H,11,12);1-2,11H,3H2;1-3H;1-2H,10H2,(H,11,12);1-3H,9H2,(H,10,11). The van der Waals surface area contributed by atoms with Crippen LogP contribution in [0.2, 0.25) is 0 Å². The van der Waals surface area contributed by atoms with Gasteiger partial charge in [-0.25, -0.2) is 63.9 Å². The molecular weight excluding hydrogens is 2170 g/mol. The maximum atomic E-state index is 15.2. The summed E-state index contributed by atoms with van der Waals surface area (Å²) in [6, 6.07) is 26.5. The first-order valence-electron chi connectivity index (χ1n) is 29.5. The molecule has 0 radical (unpaired) electrons. The summed E-state index contributed by atoms with van der Waals surface area (Å²) in [7, 11) is 0.